The Morgan fingerprint density at radius 2 is 2.05 bits per heavy atom. The molecule has 3 aromatic rings. The molecule has 21 heavy (non-hydrogen) atoms. The molecule has 0 saturated carbocycles. The third-order valence-electron chi connectivity index (χ3n) is 2.92. The van der Waals surface area contributed by atoms with Crippen molar-refractivity contribution in [3.63, 3.8) is 0 Å². The third kappa shape index (κ3) is 2.79. The second-order valence-electron chi connectivity index (χ2n) is 4.31. The first-order valence-corrected chi connectivity index (χ1v) is 6.24. The number of anilines is 1. The summed E-state index contributed by atoms with van der Waals surface area (Å²) in [5, 5.41) is 2.78. The number of nitrogens with zero attached hydrogens (tertiary/aromatic N) is 3. The second-order valence-corrected chi connectivity index (χ2v) is 4.31. The Bertz CT molecular complexity index is 754. The SMILES string of the molecule is O=C(Nc1ccccc1-n1ccnc1)c1ccc(F)nc1. The van der Waals surface area contributed by atoms with Gasteiger partial charge in [0.05, 0.1) is 23.3 Å². The maximum absolute atomic E-state index is 12.8. The smallest absolute Gasteiger partial charge is 0.257 e. The standard InChI is InChI=1S/C15H11FN4O/c16-14-6-5-11(9-18-14)15(21)19-12-3-1-2-4-13(12)20-8-7-17-10-20/h1-10H,(H,19,21). The zero-order chi connectivity index (χ0) is 14.7. The number of imidazole rings is 1. The summed E-state index contributed by atoms with van der Waals surface area (Å²) < 4.78 is 14.6. The summed E-state index contributed by atoms with van der Waals surface area (Å²) in [6, 6.07) is 9.86. The number of carbonyl (C=O) groups is 1. The summed E-state index contributed by atoms with van der Waals surface area (Å²) in [7, 11) is 0. The van der Waals surface area contributed by atoms with Crippen LogP contribution in [0.3, 0.4) is 0 Å². The number of nitrogens with one attached hydrogen (secondary N) is 1. The van der Waals surface area contributed by atoms with E-state index in [1.165, 1.54) is 12.3 Å². The first kappa shape index (κ1) is 13.0. The van der Waals surface area contributed by atoms with Crippen LogP contribution >= 0.6 is 0 Å². The highest BCUT2D eigenvalue weighted by molar-refractivity contribution is 6.05. The Hall–Kier alpha value is -3.02. The number of halogens is 1. The fraction of sp³-hybridized carbons (Fsp3) is 0. The summed E-state index contributed by atoms with van der Waals surface area (Å²) in [6.07, 6.45) is 6.28. The van der Waals surface area contributed by atoms with Crippen LogP contribution in [0.25, 0.3) is 5.69 Å². The molecule has 0 fully saturated rings. The summed E-state index contributed by atoms with van der Waals surface area (Å²) in [4.78, 5) is 19.6. The van der Waals surface area contributed by atoms with Gasteiger partial charge in [-0.3, -0.25) is 4.79 Å². The van der Waals surface area contributed by atoms with E-state index in [9.17, 15) is 9.18 Å². The van der Waals surface area contributed by atoms with E-state index in [0.717, 1.165) is 11.8 Å². The summed E-state index contributed by atoms with van der Waals surface area (Å²) in [5.41, 5.74) is 1.71. The predicted octanol–water partition coefficient (Wildman–Crippen LogP) is 2.66. The number of hydrogen-bond acceptors (Lipinski definition) is 3. The van der Waals surface area contributed by atoms with Gasteiger partial charge in [0.1, 0.15) is 0 Å². The highest BCUT2D eigenvalue weighted by atomic mass is 19.1. The van der Waals surface area contributed by atoms with Crippen LogP contribution in [0.1, 0.15) is 10.4 Å². The molecule has 0 aliphatic heterocycles. The molecule has 0 aliphatic carbocycles. The monoisotopic (exact) mass is 282 g/mol. The van der Waals surface area contributed by atoms with Crippen LogP contribution in [0.5, 0.6) is 0 Å². The average Bonchev–Trinajstić information content (AvgIpc) is 3.02. The number of amides is 1. The summed E-state index contributed by atoms with van der Waals surface area (Å²) >= 11 is 0. The van der Waals surface area contributed by atoms with Crippen molar-refractivity contribution in [2.75, 3.05) is 5.32 Å². The molecule has 0 atom stereocenters. The molecule has 2 heterocycles. The highest BCUT2D eigenvalue weighted by Gasteiger charge is 2.10. The Kier molecular flexibility index (Phi) is 3.42. The summed E-state index contributed by atoms with van der Waals surface area (Å²) in [5.74, 6) is -0.972. The van der Waals surface area contributed by atoms with E-state index in [0.29, 0.717) is 5.69 Å². The largest absolute Gasteiger partial charge is 0.320 e. The number of carbonyl (C=O) groups excluding carboxylic acids is 1. The Morgan fingerprint density at radius 1 is 1.19 bits per heavy atom. The van der Waals surface area contributed by atoms with Crippen LogP contribution in [-0.2, 0) is 0 Å². The van der Waals surface area contributed by atoms with Gasteiger partial charge in [0.15, 0.2) is 0 Å². The van der Waals surface area contributed by atoms with E-state index in [-0.39, 0.29) is 11.5 Å². The molecular formula is C15H11FN4O. The molecule has 1 amide bonds. The number of pyridine rings is 1. The van der Waals surface area contributed by atoms with E-state index in [2.05, 4.69) is 15.3 Å². The molecule has 0 aliphatic rings. The van der Waals surface area contributed by atoms with Gasteiger partial charge in [-0.2, -0.15) is 4.39 Å². The lowest BCUT2D eigenvalue weighted by molar-refractivity contribution is 0.102. The van der Waals surface area contributed by atoms with Crippen LogP contribution in [0.2, 0.25) is 0 Å². The van der Waals surface area contributed by atoms with Crippen LogP contribution in [0.4, 0.5) is 10.1 Å². The van der Waals surface area contributed by atoms with Gasteiger partial charge in [-0.1, -0.05) is 12.1 Å². The molecule has 1 N–H and O–H groups in total. The fourth-order valence-electron chi connectivity index (χ4n) is 1.91. The minimum absolute atomic E-state index is 0.289. The van der Waals surface area contributed by atoms with Gasteiger partial charge in [0.2, 0.25) is 5.95 Å². The van der Waals surface area contributed by atoms with Crippen molar-refractivity contribution in [2.45, 2.75) is 0 Å². The van der Waals surface area contributed by atoms with Crippen molar-refractivity contribution in [3.8, 4) is 5.69 Å². The van der Waals surface area contributed by atoms with Gasteiger partial charge in [-0.05, 0) is 24.3 Å². The van der Waals surface area contributed by atoms with E-state index >= 15 is 0 Å². The van der Waals surface area contributed by atoms with E-state index in [4.69, 9.17) is 0 Å². The number of benzene rings is 1. The molecule has 5 nitrogen and oxygen atoms in total. The first-order chi connectivity index (χ1) is 10.2. The molecule has 0 bridgehead atoms. The van der Waals surface area contributed by atoms with E-state index in [1.807, 2.05) is 18.2 Å². The quantitative estimate of drug-likeness (QED) is 0.751. The molecule has 6 heteroatoms. The number of para-hydroxylation sites is 2. The van der Waals surface area contributed by atoms with Crippen molar-refractivity contribution in [3.05, 3.63) is 72.8 Å². The van der Waals surface area contributed by atoms with Crippen molar-refractivity contribution >= 4 is 11.6 Å². The number of aromatic nitrogens is 3. The minimum Gasteiger partial charge on any atom is -0.320 e. The Morgan fingerprint density at radius 3 is 2.76 bits per heavy atom. The van der Waals surface area contributed by atoms with Gasteiger partial charge in [-0.15, -0.1) is 0 Å². The fourth-order valence-corrected chi connectivity index (χ4v) is 1.91. The highest BCUT2D eigenvalue weighted by Crippen LogP contribution is 2.20. The van der Waals surface area contributed by atoms with Gasteiger partial charge in [0, 0.05) is 18.6 Å². The topological polar surface area (TPSA) is 59.8 Å². The van der Waals surface area contributed by atoms with Gasteiger partial charge in [-0.25, -0.2) is 9.97 Å². The van der Waals surface area contributed by atoms with Crippen LogP contribution in [0.15, 0.2) is 61.3 Å². The Balaban J connectivity index is 1.88. The molecule has 0 saturated heterocycles. The van der Waals surface area contributed by atoms with E-state index < -0.39 is 5.95 Å². The van der Waals surface area contributed by atoms with Crippen LogP contribution in [0, 0.1) is 5.95 Å². The van der Waals surface area contributed by atoms with Gasteiger partial charge >= 0.3 is 0 Å². The first-order valence-electron chi connectivity index (χ1n) is 6.24. The van der Waals surface area contributed by atoms with Crippen molar-refractivity contribution in [1.29, 1.82) is 0 Å². The predicted molar refractivity (Wildman–Crippen MR) is 75.7 cm³/mol. The zero-order valence-electron chi connectivity index (χ0n) is 10.9. The zero-order valence-corrected chi connectivity index (χ0v) is 10.9. The van der Waals surface area contributed by atoms with Gasteiger partial charge in [0.25, 0.3) is 5.91 Å². The van der Waals surface area contributed by atoms with Crippen molar-refractivity contribution < 1.29 is 9.18 Å². The molecule has 0 unspecified atom stereocenters. The molecule has 2 aromatic heterocycles. The molecule has 0 spiro atoms. The molecule has 1 aromatic carbocycles. The Labute approximate surface area is 120 Å². The number of hydrogen-bond donors (Lipinski definition) is 1. The normalized spacial score (nSPS) is 10.3. The lowest BCUT2D eigenvalue weighted by Gasteiger charge is -2.11. The van der Waals surface area contributed by atoms with E-state index in [1.54, 1.807) is 29.4 Å². The molecule has 3 rings (SSSR count). The van der Waals surface area contributed by atoms with Crippen molar-refractivity contribution in [1.82, 2.24) is 14.5 Å². The third-order valence-corrected chi connectivity index (χ3v) is 2.92. The molecule has 0 radical (unpaired) electrons. The van der Waals surface area contributed by atoms with Crippen LogP contribution in [-0.4, -0.2) is 20.4 Å². The molecular weight excluding hydrogens is 271 g/mol. The lowest BCUT2D eigenvalue weighted by Crippen LogP contribution is -2.14. The minimum atomic E-state index is -0.620. The van der Waals surface area contributed by atoms with Crippen molar-refractivity contribution in [2.24, 2.45) is 0 Å². The number of rotatable bonds is 3. The van der Waals surface area contributed by atoms with Crippen LogP contribution < -0.4 is 5.32 Å². The average molecular weight is 282 g/mol. The maximum atomic E-state index is 12.8. The summed E-state index contributed by atoms with van der Waals surface area (Å²) in [6.45, 7) is 0. The second kappa shape index (κ2) is 5.54. The molecule has 104 valence electrons. The maximum Gasteiger partial charge on any atom is 0.257 e. The van der Waals surface area contributed by atoms with Gasteiger partial charge < -0.3 is 9.88 Å². The lowest BCUT2D eigenvalue weighted by atomic mass is 10.2.